The molecule has 6 heteroatoms. The number of rotatable bonds is 4. The average molecular weight is 310 g/mol. The van der Waals surface area contributed by atoms with Crippen molar-refractivity contribution in [3.8, 4) is 6.07 Å². The monoisotopic (exact) mass is 310 g/mol. The molecule has 0 atom stereocenters. The van der Waals surface area contributed by atoms with E-state index >= 15 is 0 Å². The van der Waals surface area contributed by atoms with Gasteiger partial charge in [-0.25, -0.2) is 9.82 Å². The maximum Gasteiger partial charge on any atom is 0.274 e. The van der Waals surface area contributed by atoms with E-state index < -0.39 is 11.7 Å². The maximum absolute atomic E-state index is 13.7. The lowest BCUT2D eigenvalue weighted by Gasteiger charge is -2.11. The Kier molecular flexibility index (Phi) is 5.05. The first-order valence-electron chi connectivity index (χ1n) is 6.81. The van der Waals surface area contributed by atoms with Crippen LogP contribution in [0.3, 0.4) is 0 Å². The summed E-state index contributed by atoms with van der Waals surface area (Å²) in [6.45, 7) is 0. The van der Waals surface area contributed by atoms with E-state index in [2.05, 4.69) is 10.5 Å². The number of halogens is 1. The molecule has 1 amide bonds. The van der Waals surface area contributed by atoms with Gasteiger partial charge in [0.05, 0.1) is 23.4 Å². The molecule has 0 bridgehead atoms. The van der Waals surface area contributed by atoms with Crippen LogP contribution in [0.4, 0.5) is 10.1 Å². The van der Waals surface area contributed by atoms with E-state index in [4.69, 9.17) is 5.26 Å². The average Bonchev–Trinajstić information content (AvgIpc) is 2.55. The lowest BCUT2D eigenvalue weighted by molar-refractivity contribution is 0.0951. The number of nitrogens with one attached hydrogen (secondary N) is 1. The Labute approximate surface area is 133 Å². The molecule has 23 heavy (non-hydrogen) atoms. The SMILES string of the molecule is CN(C)c1ccc(/C=N\NC(=O)c2ccc(C#N)cc2F)cc1. The highest BCUT2D eigenvalue weighted by Crippen LogP contribution is 2.11. The third kappa shape index (κ3) is 4.14. The van der Waals surface area contributed by atoms with E-state index in [1.54, 1.807) is 6.07 Å². The summed E-state index contributed by atoms with van der Waals surface area (Å²) in [6.07, 6.45) is 1.47. The third-order valence-electron chi connectivity index (χ3n) is 3.13. The number of nitriles is 1. The predicted octanol–water partition coefficient (Wildman–Crippen LogP) is 2.53. The number of amides is 1. The van der Waals surface area contributed by atoms with Gasteiger partial charge in [0, 0.05) is 19.8 Å². The zero-order chi connectivity index (χ0) is 16.8. The molecule has 0 heterocycles. The van der Waals surface area contributed by atoms with E-state index in [1.807, 2.05) is 43.3 Å². The van der Waals surface area contributed by atoms with Crippen molar-refractivity contribution in [3.05, 3.63) is 65.0 Å². The maximum atomic E-state index is 13.7. The van der Waals surface area contributed by atoms with Gasteiger partial charge in [0.2, 0.25) is 0 Å². The summed E-state index contributed by atoms with van der Waals surface area (Å²) in [5.74, 6) is -1.43. The van der Waals surface area contributed by atoms with Crippen LogP contribution in [-0.4, -0.2) is 26.2 Å². The van der Waals surface area contributed by atoms with Gasteiger partial charge in [-0.05, 0) is 35.9 Å². The highest BCUT2D eigenvalue weighted by molar-refractivity contribution is 5.95. The molecule has 0 saturated carbocycles. The number of hydrazone groups is 1. The number of carbonyl (C=O) groups excluding carboxylic acids is 1. The quantitative estimate of drug-likeness (QED) is 0.697. The molecule has 2 aromatic rings. The molecule has 5 nitrogen and oxygen atoms in total. The first-order chi connectivity index (χ1) is 11.0. The van der Waals surface area contributed by atoms with Crippen LogP contribution in [0, 0.1) is 17.1 Å². The first-order valence-corrected chi connectivity index (χ1v) is 6.81. The molecule has 0 spiro atoms. The summed E-state index contributed by atoms with van der Waals surface area (Å²) < 4.78 is 13.7. The summed E-state index contributed by atoms with van der Waals surface area (Å²) in [6, 6.07) is 13.0. The molecule has 0 aliphatic rings. The standard InChI is InChI=1S/C17H15FN4O/c1-22(2)14-6-3-12(4-7-14)11-20-21-17(23)15-8-5-13(10-19)9-16(15)18/h3-9,11H,1-2H3,(H,21,23)/b20-11-. The minimum absolute atomic E-state index is 0.156. The Morgan fingerprint density at radius 2 is 1.96 bits per heavy atom. The molecule has 0 aliphatic heterocycles. The van der Waals surface area contributed by atoms with Gasteiger partial charge >= 0.3 is 0 Å². The normalized spacial score (nSPS) is 10.3. The zero-order valence-electron chi connectivity index (χ0n) is 12.7. The molecular weight excluding hydrogens is 295 g/mol. The minimum Gasteiger partial charge on any atom is -0.378 e. The van der Waals surface area contributed by atoms with Crippen LogP contribution in [0.25, 0.3) is 0 Å². The van der Waals surface area contributed by atoms with Gasteiger partial charge in [-0.3, -0.25) is 4.79 Å². The Bertz CT molecular complexity index is 776. The molecule has 116 valence electrons. The minimum atomic E-state index is -0.757. The summed E-state index contributed by atoms with van der Waals surface area (Å²) in [7, 11) is 3.88. The van der Waals surface area contributed by atoms with E-state index in [0.717, 1.165) is 17.3 Å². The van der Waals surface area contributed by atoms with Crippen LogP contribution in [0.15, 0.2) is 47.6 Å². The van der Waals surface area contributed by atoms with Gasteiger partial charge in [-0.2, -0.15) is 10.4 Å². The van der Waals surface area contributed by atoms with Crippen LogP contribution >= 0.6 is 0 Å². The van der Waals surface area contributed by atoms with Crippen molar-refractivity contribution in [1.29, 1.82) is 5.26 Å². The van der Waals surface area contributed by atoms with Crippen molar-refractivity contribution < 1.29 is 9.18 Å². The van der Waals surface area contributed by atoms with E-state index in [0.29, 0.717) is 0 Å². The van der Waals surface area contributed by atoms with Gasteiger partial charge in [0.25, 0.3) is 5.91 Å². The fourth-order valence-corrected chi connectivity index (χ4v) is 1.85. The molecule has 0 aromatic heterocycles. The molecule has 1 N–H and O–H groups in total. The molecule has 0 aliphatic carbocycles. The number of hydrogen-bond donors (Lipinski definition) is 1. The summed E-state index contributed by atoms with van der Waals surface area (Å²) in [5.41, 5.74) is 4.10. The first kappa shape index (κ1) is 16.2. The van der Waals surface area contributed by atoms with Gasteiger partial charge < -0.3 is 4.90 Å². The Hall–Kier alpha value is -3.20. The van der Waals surface area contributed by atoms with Crippen LogP contribution in [0.2, 0.25) is 0 Å². The van der Waals surface area contributed by atoms with Crippen LogP contribution < -0.4 is 10.3 Å². The van der Waals surface area contributed by atoms with Crippen molar-refractivity contribution in [2.24, 2.45) is 5.10 Å². The van der Waals surface area contributed by atoms with Crippen LogP contribution in [0.5, 0.6) is 0 Å². The van der Waals surface area contributed by atoms with E-state index in [1.165, 1.54) is 18.3 Å². The largest absolute Gasteiger partial charge is 0.378 e. The number of carbonyl (C=O) groups is 1. The van der Waals surface area contributed by atoms with Crippen molar-refractivity contribution in [3.63, 3.8) is 0 Å². The number of nitrogens with zero attached hydrogens (tertiary/aromatic N) is 3. The number of anilines is 1. The van der Waals surface area contributed by atoms with Crippen molar-refractivity contribution >= 4 is 17.8 Å². The summed E-state index contributed by atoms with van der Waals surface area (Å²) >= 11 is 0. The van der Waals surface area contributed by atoms with Gasteiger partial charge in [-0.1, -0.05) is 12.1 Å². The topological polar surface area (TPSA) is 68.5 Å². The predicted molar refractivity (Wildman–Crippen MR) is 86.9 cm³/mol. The Morgan fingerprint density at radius 1 is 1.26 bits per heavy atom. The summed E-state index contributed by atoms with van der Waals surface area (Å²) in [4.78, 5) is 13.8. The van der Waals surface area contributed by atoms with Gasteiger partial charge in [-0.15, -0.1) is 0 Å². The molecule has 2 aromatic carbocycles. The van der Waals surface area contributed by atoms with Gasteiger partial charge in [0.1, 0.15) is 5.82 Å². The molecular formula is C17H15FN4O. The van der Waals surface area contributed by atoms with E-state index in [9.17, 15) is 9.18 Å². The molecule has 0 saturated heterocycles. The third-order valence-corrected chi connectivity index (χ3v) is 3.13. The number of hydrogen-bond acceptors (Lipinski definition) is 4. The Balaban J connectivity index is 2.02. The van der Waals surface area contributed by atoms with Gasteiger partial charge in [0.15, 0.2) is 0 Å². The highest BCUT2D eigenvalue weighted by Gasteiger charge is 2.11. The second-order valence-corrected chi connectivity index (χ2v) is 4.99. The van der Waals surface area contributed by atoms with Crippen molar-refractivity contribution in [2.45, 2.75) is 0 Å². The summed E-state index contributed by atoms with van der Waals surface area (Å²) in [5, 5.41) is 12.5. The molecule has 0 unspecified atom stereocenters. The molecule has 0 fully saturated rings. The smallest absolute Gasteiger partial charge is 0.274 e. The van der Waals surface area contributed by atoms with Crippen LogP contribution in [0.1, 0.15) is 21.5 Å². The second-order valence-electron chi connectivity index (χ2n) is 4.99. The zero-order valence-corrected chi connectivity index (χ0v) is 12.7. The van der Waals surface area contributed by atoms with Crippen molar-refractivity contribution in [1.82, 2.24) is 5.43 Å². The fourth-order valence-electron chi connectivity index (χ4n) is 1.85. The van der Waals surface area contributed by atoms with Crippen molar-refractivity contribution in [2.75, 3.05) is 19.0 Å². The molecule has 2 rings (SSSR count). The van der Waals surface area contributed by atoms with E-state index in [-0.39, 0.29) is 11.1 Å². The lowest BCUT2D eigenvalue weighted by Crippen LogP contribution is -2.19. The van der Waals surface area contributed by atoms with Crippen LogP contribution in [-0.2, 0) is 0 Å². The lowest BCUT2D eigenvalue weighted by atomic mass is 10.1. The highest BCUT2D eigenvalue weighted by atomic mass is 19.1. The Morgan fingerprint density at radius 3 is 2.52 bits per heavy atom. The number of benzene rings is 2. The fraction of sp³-hybridized carbons (Fsp3) is 0.118. The second kappa shape index (κ2) is 7.18. The molecule has 0 radical (unpaired) electrons.